The second-order valence-corrected chi connectivity index (χ2v) is 1.31. The van der Waals surface area contributed by atoms with Crippen molar-refractivity contribution in [3.8, 4) is 0 Å². The van der Waals surface area contributed by atoms with Gasteiger partial charge in [-0.15, -0.1) is 6.58 Å². The van der Waals surface area contributed by atoms with Gasteiger partial charge in [0.2, 0.25) is 0 Å². The van der Waals surface area contributed by atoms with Crippen LogP contribution >= 0.6 is 12.0 Å². The minimum Gasteiger partial charge on any atom is -0.312 e. The topological polar surface area (TPSA) is 9.23 Å². The van der Waals surface area contributed by atoms with Crippen molar-refractivity contribution in [1.82, 2.24) is 0 Å². The molecular formula is C4H8OS. The fourth-order valence-electron chi connectivity index (χ4n) is 0.116. The molecule has 0 saturated heterocycles. The van der Waals surface area contributed by atoms with Gasteiger partial charge < -0.3 is 4.18 Å². The fourth-order valence-corrected chi connectivity index (χ4v) is 0.348. The molecule has 0 bridgehead atoms. The lowest BCUT2D eigenvalue weighted by molar-refractivity contribution is 0.432. The van der Waals surface area contributed by atoms with Gasteiger partial charge in [0.1, 0.15) is 0 Å². The maximum Gasteiger partial charge on any atom is 0.0792 e. The van der Waals surface area contributed by atoms with Crippen LogP contribution in [0.2, 0.25) is 0 Å². The summed E-state index contributed by atoms with van der Waals surface area (Å²) in [6.45, 7) is 4.10. The second kappa shape index (κ2) is 5.05. The molecule has 0 atom stereocenters. The lowest BCUT2D eigenvalue weighted by atomic mass is 10.7. The van der Waals surface area contributed by atoms with Crippen molar-refractivity contribution >= 4 is 12.0 Å². The van der Waals surface area contributed by atoms with Crippen LogP contribution in [0.4, 0.5) is 0 Å². The molecule has 0 unspecified atom stereocenters. The van der Waals surface area contributed by atoms with E-state index >= 15 is 0 Å². The molecule has 0 aliphatic carbocycles. The van der Waals surface area contributed by atoms with Crippen molar-refractivity contribution in [2.75, 3.05) is 12.9 Å². The van der Waals surface area contributed by atoms with E-state index in [1.165, 1.54) is 12.0 Å². The van der Waals surface area contributed by atoms with Crippen LogP contribution in [-0.4, -0.2) is 12.9 Å². The summed E-state index contributed by atoms with van der Waals surface area (Å²) < 4.78 is 4.78. The molecule has 0 radical (unpaired) electrons. The molecule has 0 rings (SSSR count). The van der Waals surface area contributed by atoms with E-state index in [0.29, 0.717) is 6.61 Å². The van der Waals surface area contributed by atoms with Gasteiger partial charge in [-0.2, -0.15) is 0 Å². The first-order chi connectivity index (χ1) is 2.91. The van der Waals surface area contributed by atoms with Gasteiger partial charge in [-0.1, -0.05) is 6.08 Å². The average molecular weight is 104 g/mol. The molecule has 0 saturated carbocycles. The van der Waals surface area contributed by atoms with Crippen molar-refractivity contribution in [2.45, 2.75) is 0 Å². The van der Waals surface area contributed by atoms with Gasteiger partial charge in [-0.05, 0) is 12.0 Å². The highest BCUT2D eigenvalue weighted by atomic mass is 32.2. The maximum absolute atomic E-state index is 4.78. The largest absolute Gasteiger partial charge is 0.312 e. The van der Waals surface area contributed by atoms with Crippen LogP contribution in [0.15, 0.2) is 12.7 Å². The summed E-state index contributed by atoms with van der Waals surface area (Å²) in [6.07, 6.45) is 3.60. The van der Waals surface area contributed by atoms with Crippen molar-refractivity contribution in [1.29, 1.82) is 0 Å². The molecule has 0 aromatic heterocycles. The Morgan fingerprint density at radius 1 is 2.00 bits per heavy atom. The van der Waals surface area contributed by atoms with Crippen LogP contribution < -0.4 is 0 Å². The van der Waals surface area contributed by atoms with Crippen LogP contribution in [0.3, 0.4) is 0 Å². The third-order valence-electron chi connectivity index (χ3n) is 0.304. The Labute approximate surface area is 42.6 Å². The van der Waals surface area contributed by atoms with E-state index in [0.717, 1.165) is 0 Å². The summed E-state index contributed by atoms with van der Waals surface area (Å²) in [4.78, 5) is 0. The minimum atomic E-state index is 0.640. The third-order valence-corrected chi connectivity index (χ3v) is 0.676. The van der Waals surface area contributed by atoms with E-state index in [1.54, 1.807) is 6.08 Å². The summed E-state index contributed by atoms with van der Waals surface area (Å²) in [6, 6.07) is 0. The highest BCUT2D eigenvalue weighted by Gasteiger charge is 1.69. The Kier molecular flexibility index (Phi) is 5.09. The number of rotatable bonds is 3. The summed E-state index contributed by atoms with van der Waals surface area (Å²) in [5.74, 6) is 0. The molecule has 0 fully saturated rings. The van der Waals surface area contributed by atoms with E-state index in [9.17, 15) is 0 Å². The lowest BCUT2D eigenvalue weighted by Gasteiger charge is -1.86. The molecule has 2 heteroatoms. The molecule has 0 aliphatic heterocycles. The SMILES string of the molecule is C=CCOSC. The van der Waals surface area contributed by atoms with Crippen LogP contribution in [-0.2, 0) is 4.18 Å². The summed E-state index contributed by atoms with van der Waals surface area (Å²) in [7, 11) is 0. The van der Waals surface area contributed by atoms with E-state index in [1.807, 2.05) is 6.26 Å². The van der Waals surface area contributed by atoms with Gasteiger partial charge in [0.25, 0.3) is 0 Å². The molecular weight excluding hydrogens is 96.1 g/mol. The molecule has 6 heavy (non-hydrogen) atoms. The average Bonchev–Trinajstić information content (AvgIpc) is 1.61. The van der Waals surface area contributed by atoms with Crippen molar-refractivity contribution in [2.24, 2.45) is 0 Å². The Morgan fingerprint density at radius 2 is 2.67 bits per heavy atom. The zero-order valence-electron chi connectivity index (χ0n) is 3.81. The lowest BCUT2D eigenvalue weighted by Crippen LogP contribution is -1.74. The molecule has 0 aromatic rings. The number of hydrogen-bond acceptors (Lipinski definition) is 2. The Hall–Kier alpha value is 0.0500. The summed E-state index contributed by atoms with van der Waals surface area (Å²) >= 11 is 1.35. The standard InChI is InChI=1S/C4H8OS/c1-3-4-5-6-2/h3H,1,4H2,2H3. The van der Waals surface area contributed by atoms with Gasteiger partial charge in [0.15, 0.2) is 0 Å². The fraction of sp³-hybridized carbons (Fsp3) is 0.500. The first kappa shape index (κ1) is 6.05. The van der Waals surface area contributed by atoms with Crippen LogP contribution in [0.5, 0.6) is 0 Å². The van der Waals surface area contributed by atoms with E-state index < -0.39 is 0 Å². The highest BCUT2D eigenvalue weighted by molar-refractivity contribution is 7.93. The predicted molar refractivity (Wildman–Crippen MR) is 29.7 cm³/mol. The first-order valence-corrected chi connectivity index (χ1v) is 2.83. The van der Waals surface area contributed by atoms with Crippen molar-refractivity contribution in [3.63, 3.8) is 0 Å². The Balaban J connectivity index is 2.49. The predicted octanol–water partition coefficient (Wildman–Crippen LogP) is 1.47. The minimum absolute atomic E-state index is 0.640. The van der Waals surface area contributed by atoms with Crippen molar-refractivity contribution in [3.05, 3.63) is 12.7 Å². The van der Waals surface area contributed by atoms with Gasteiger partial charge in [0, 0.05) is 6.26 Å². The molecule has 36 valence electrons. The van der Waals surface area contributed by atoms with Crippen LogP contribution in [0, 0.1) is 0 Å². The molecule has 0 spiro atoms. The highest BCUT2D eigenvalue weighted by Crippen LogP contribution is 1.91. The van der Waals surface area contributed by atoms with Gasteiger partial charge in [-0.3, -0.25) is 0 Å². The molecule has 0 N–H and O–H groups in total. The molecule has 1 nitrogen and oxygen atoms in total. The Bertz CT molecular complexity index is 36.5. The van der Waals surface area contributed by atoms with Crippen LogP contribution in [0.25, 0.3) is 0 Å². The monoisotopic (exact) mass is 104 g/mol. The van der Waals surface area contributed by atoms with E-state index in [4.69, 9.17) is 4.18 Å². The second-order valence-electron chi connectivity index (χ2n) is 0.740. The molecule has 0 amide bonds. The summed E-state index contributed by atoms with van der Waals surface area (Å²) in [5, 5.41) is 0. The smallest absolute Gasteiger partial charge is 0.0792 e. The van der Waals surface area contributed by atoms with E-state index in [-0.39, 0.29) is 0 Å². The normalized spacial score (nSPS) is 8.17. The quantitative estimate of drug-likeness (QED) is 0.304. The van der Waals surface area contributed by atoms with Crippen LogP contribution in [0.1, 0.15) is 0 Å². The molecule has 0 aliphatic rings. The Morgan fingerprint density at radius 3 is 2.83 bits per heavy atom. The number of hydrogen-bond donors (Lipinski definition) is 0. The van der Waals surface area contributed by atoms with Gasteiger partial charge >= 0.3 is 0 Å². The third kappa shape index (κ3) is 4.05. The molecule has 0 aromatic carbocycles. The maximum atomic E-state index is 4.78. The molecule has 0 heterocycles. The van der Waals surface area contributed by atoms with Gasteiger partial charge in [0.05, 0.1) is 6.61 Å². The van der Waals surface area contributed by atoms with Gasteiger partial charge in [-0.25, -0.2) is 0 Å². The summed E-state index contributed by atoms with van der Waals surface area (Å²) in [5.41, 5.74) is 0. The van der Waals surface area contributed by atoms with E-state index in [2.05, 4.69) is 6.58 Å². The zero-order valence-corrected chi connectivity index (χ0v) is 4.62. The van der Waals surface area contributed by atoms with Crippen molar-refractivity contribution < 1.29 is 4.18 Å². The zero-order chi connectivity index (χ0) is 4.83. The first-order valence-electron chi connectivity index (χ1n) is 1.68.